The largest absolute Gasteiger partial charge is 0.438 e. The zero-order chi connectivity index (χ0) is 22.1. The molecule has 3 aromatic heterocycles. The predicted octanol–water partition coefficient (Wildman–Crippen LogP) is 5.56. The summed E-state index contributed by atoms with van der Waals surface area (Å²) >= 11 is 0. The Morgan fingerprint density at radius 1 is 0.969 bits per heavy atom. The molecule has 0 aliphatic heterocycles. The van der Waals surface area contributed by atoms with E-state index in [4.69, 9.17) is 9.15 Å². The fraction of sp³-hybridized carbons (Fsp3) is 0.0476. The maximum Gasteiger partial charge on any atom is 0.416 e. The lowest BCUT2D eigenvalue weighted by molar-refractivity contribution is -0.137. The van der Waals surface area contributed by atoms with Gasteiger partial charge in [0.05, 0.1) is 10.9 Å². The number of hydrogen-bond donors (Lipinski definition) is 2. The van der Waals surface area contributed by atoms with Crippen molar-refractivity contribution in [2.24, 2.45) is 0 Å². The van der Waals surface area contributed by atoms with E-state index in [9.17, 15) is 13.2 Å². The molecule has 2 N–H and O–H groups in total. The summed E-state index contributed by atoms with van der Waals surface area (Å²) in [5.41, 5.74) is 0.674. The third kappa shape index (κ3) is 3.95. The zero-order valence-electron chi connectivity index (χ0n) is 16.1. The number of benzene rings is 2. The Bertz CT molecular complexity index is 1380. The Morgan fingerprint density at radius 3 is 2.62 bits per heavy atom. The van der Waals surface area contributed by atoms with Gasteiger partial charge in [-0.3, -0.25) is 0 Å². The molecule has 0 aliphatic carbocycles. The second-order valence-corrected chi connectivity index (χ2v) is 6.66. The minimum Gasteiger partial charge on any atom is -0.438 e. The Kier molecular flexibility index (Phi) is 4.70. The molecule has 32 heavy (non-hydrogen) atoms. The molecule has 0 saturated heterocycles. The minimum atomic E-state index is -4.44. The third-order valence-corrected chi connectivity index (χ3v) is 4.50. The number of nitrogens with one attached hydrogen (secondary N) is 2. The van der Waals surface area contributed by atoms with Crippen LogP contribution in [0.2, 0.25) is 0 Å². The van der Waals surface area contributed by atoms with Gasteiger partial charge in [0.2, 0.25) is 11.8 Å². The van der Waals surface area contributed by atoms with Gasteiger partial charge < -0.3 is 19.5 Å². The highest BCUT2D eigenvalue weighted by Gasteiger charge is 2.30. The molecule has 3 heterocycles. The number of aromatic amines is 1. The lowest BCUT2D eigenvalue weighted by atomic mass is 10.2. The molecule has 5 aromatic rings. The van der Waals surface area contributed by atoms with Crippen LogP contribution in [0.4, 0.5) is 24.9 Å². The molecule has 2 aromatic carbocycles. The number of halogens is 3. The van der Waals surface area contributed by atoms with Gasteiger partial charge in [-0.2, -0.15) is 13.2 Å². The van der Waals surface area contributed by atoms with Crippen LogP contribution in [0.3, 0.4) is 0 Å². The van der Waals surface area contributed by atoms with E-state index in [1.54, 1.807) is 30.5 Å². The van der Waals surface area contributed by atoms with Crippen LogP contribution in [0.1, 0.15) is 5.56 Å². The number of H-pyrrole nitrogens is 1. The Labute approximate surface area is 178 Å². The first-order valence-electron chi connectivity index (χ1n) is 9.30. The van der Waals surface area contributed by atoms with E-state index in [1.165, 1.54) is 18.5 Å². The van der Waals surface area contributed by atoms with E-state index in [1.807, 2.05) is 6.07 Å². The van der Waals surface area contributed by atoms with Crippen molar-refractivity contribution in [1.29, 1.82) is 0 Å². The van der Waals surface area contributed by atoms with Crippen molar-refractivity contribution < 1.29 is 22.3 Å². The molecule has 0 radical (unpaired) electrons. The van der Waals surface area contributed by atoms with Gasteiger partial charge in [-0.05, 0) is 48.5 Å². The fourth-order valence-electron chi connectivity index (χ4n) is 2.99. The van der Waals surface area contributed by atoms with Crippen molar-refractivity contribution in [3.05, 3.63) is 72.7 Å². The number of ether oxygens (including phenoxy) is 1. The Morgan fingerprint density at radius 2 is 1.81 bits per heavy atom. The molecular weight excluding hydrogens is 425 g/mol. The van der Waals surface area contributed by atoms with Gasteiger partial charge in [-0.25, -0.2) is 9.97 Å². The first-order valence-corrected chi connectivity index (χ1v) is 9.30. The van der Waals surface area contributed by atoms with Crippen molar-refractivity contribution in [2.45, 2.75) is 6.18 Å². The molecule has 0 atom stereocenters. The Hall–Kier alpha value is -4.41. The SMILES string of the molecule is FC(F)(F)c1cccc(Nc2nnc(-c3ccc(Oc4ncnc5[nH]ccc45)cc3)o2)c1. The molecule has 0 fully saturated rings. The van der Waals surface area contributed by atoms with Gasteiger partial charge in [0.25, 0.3) is 0 Å². The normalized spacial score (nSPS) is 11.6. The van der Waals surface area contributed by atoms with Gasteiger partial charge in [0.15, 0.2) is 0 Å². The van der Waals surface area contributed by atoms with Crippen molar-refractivity contribution in [1.82, 2.24) is 25.1 Å². The first-order chi connectivity index (χ1) is 15.5. The molecule has 11 heteroatoms. The van der Waals surface area contributed by atoms with Crippen LogP contribution in [-0.2, 0) is 6.18 Å². The van der Waals surface area contributed by atoms with Crippen LogP contribution in [0, 0.1) is 0 Å². The van der Waals surface area contributed by atoms with Crippen LogP contribution in [0.25, 0.3) is 22.5 Å². The third-order valence-electron chi connectivity index (χ3n) is 4.50. The van der Waals surface area contributed by atoms with Crippen LogP contribution in [-0.4, -0.2) is 25.1 Å². The fourth-order valence-corrected chi connectivity index (χ4v) is 2.99. The molecule has 5 rings (SSSR count). The van der Waals surface area contributed by atoms with E-state index in [0.717, 1.165) is 17.5 Å². The van der Waals surface area contributed by atoms with Gasteiger partial charge in [0.1, 0.15) is 17.7 Å². The average Bonchev–Trinajstić information content (AvgIpc) is 3.44. The van der Waals surface area contributed by atoms with Gasteiger partial charge in [-0.1, -0.05) is 11.2 Å². The summed E-state index contributed by atoms with van der Waals surface area (Å²) in [5.74, 6) is 1.15. The maximum absolute atomic E-state index is 12.9. The van der Waals surface area contributed by atoms with Crippen LogP contribution in [0.15, 0.2) is 71.5 Å². The summed E-state index contributed by atoms with van der Waals surface area (Å²) in [6, 6.07) is 13.3. The van der Waals surface area contributed by atoms with E-state index in [-0.39, 0.29) is 17.6 Å². The van der Waals surface area contributed by atoms with Crippen LogP contribution < -0.4 is 10.1 Å². The molecular formula is C21H13F3N6O2. The van der Waals surface area contributed by atoms with Crippen molar-refractivity contribution >= 4 is 22.7 Å². The number of anilines is 2. The summed E-state index contributed by atoms with van der Waals surface area (Å²) in [4.78, 5) is 11.2. The quantitative estimate of drug-likeness (QED) is 0.370. The minimum absolute atomic E-state index is 0.0320. The highest BCUT2D eigenvalue weighted by Crippen LogP contribution is 2.32. The predicted molar refractivity (Wildman–Crippen MR) is 108 cm³/mol. The summed E-state index contributed by atoms with van der Waals surface area (Å²) < 4.78 is 49.9. The number of alkyl halides is 3. The second kappa shape index (κ2) is 7.69. The monoisotopic (exact) mass is 438 g/mol. The van der Waals surface area contributed by atoms with E-state index < -0.39 is 11.7 Å². The van der Waals surface area contributed by atoms with E-state index in [0.29, 0.717) is 22.8 Å². The second-order valence-electron chi connectivity index (χ2n) is 6.66. The summed E-state index contributed by atoms with van der Waals surface area (Å²) in [7, 11) is 0. The number of hydrogen-bond acceptors (Lipinski definition) is 7. The molecule has 8 nitrogen and oxygen atoms in total. The lowest BCUT2D eigenvalue weighted by Gasteiger charge is -2.08. The molecule has 0 spiro atoms. The van der Waals surface area contributed by atoms with Crippen LogP contribution >= 0.6 is 0 Å². The first kappa shape index (κ1) is 19.5. The molecule has 160 valence electrons. The van der Waals surface area contributed by atoms with Gasteiger partial charge in [0, 0.05) is 17.4 Å². The summed E-state index contributed by atoms with van der Waals surface area (Å²) in [6.45, 7) is 0. The van der Waals surface area contributed by atoms with E-state index >= 15 is 0 Å². The van der Waals surface area contributed by atoms with E-state index in [2.05, 4.69) is 30.5 Å². The molecule has 0 saturated carbocycles. The topological polar surface area (TPSA) is 102 Å². The standard InChI is InChI=1S/C21H13F3N6O2/c22-21(23,24)13-2-1-3-14(10-13)28-20-30-29-18(32-20)12-4-6-15(7-5-12)31-19-16-8-9-25-17(16)26-11-27-19/h1-11H,(H,28,30)(H,25,26,27). The molecule has 0 aliphatic rings. The maximum atomic E-state index is 12.9. The lowest BCUT2D eigenvalue weighted by Crippen LogP contribution is -2.05. The molecule has 0 unspecified atom stereocenters. The van der Waals surface area contributed by atoms with Gasteiger partial charge >= 0.3 is 12.2 Å². The van der Waals surface area contributed by atoms with Crippen molar-refractivity contribution in [3.63, 3.8) is 0 Å². The molecule has 0 amide bonds. The Balaban J connectivity index is 1.31. The van der Waals surface area contributed by atoms with Gasteiger partial charge in [-0.15, -0.1) is 5.10 Å². The number of aromatic nitrogens is 5. The highest BCUT2D eigenvalue weighted by molar-refractivity contribution is 5.80. The number of rotatable bonds is 5. The highest BCUT2D eigenvalue weighted by atomic mass is 19.4. The summed E-state index contributed by atoms with van der Waals surface area (Å²) in [6.07, 6.45) is -1.30. The number of nitrogens with zero attached hydrogens (tertiary/aromatic N) is 4. The van der Waals surface area contributed by atoms with Crippen molar-refractivity contribution in [3.8, 4) is 23.1 Å². The van der Waals surface area contributed by atoms with Crippen LogP contribution in [0.5, 0.6) is 11.6 Å². The zero-order valence-corrected chi connectivity index (χ0v) is 16.1. The van der Waals surface area contributed by atoms with Crippen molar-refractivity contribution in [2.75, 3.05) is 5.32 Å². The molecule has 0 bridgehead atoms. The average molecular weight is 438 g/mol. The smallest absolute Gasteiger partial charge is 0.416 e. The summed E-state index contributed by atoms with van der Waals surface area (Å²) in [5, 5.41) is 11.2. The number of fused-ring (bicyclic) bond motifs is 1.